The van der Waals surface area contributed by atoms with Crippen molar-refractivity contribution < 1.29 is 33.3 Å². The van der Waals surface area contributed by atoms with Gasteiger partial charge in [0, 0.05) is 36.1 Å². The van der Waals surface area contributed by atoms with Gasteiger partial charge in [0.1, 0.15) is 18.2 Å². The van der Waals surface area contributed by atoms with Gasteiger partial charge in [-0.15, -0.1) is 10.2 Å². The van der Waals surface area contributed by atoms with E-state index >= 15 is 0 Å². The number of aliphatic hydroxyl groups is 2. The zero-order chi connectivity index (χ0) is 39.4. The van der Waals surface area contributed by atoms with Gasteiger partial charge in [0.15, 0.2) is 22.8 Å². The number of H-pyrrole nitrogens is 1. The third-order valence-electron chi connectivity index (χ3n) is 9.70. The van der Waals surface area contributed by atoms with E-state index in [1.54, 1.807) is 13.3 Å². The summed E-state index contributed by atoms with van der Waals surface area (Å²) in [4.78, 5) is 28.2. The Balaban J connectivity index is 0.000000629. The van der Waals surface area contributed by atoms with E-state index in [1.807, 2.05) is 35.0 Å². The number of benzene rings is 3. The van der Waals surface area contributed by atoms with Crippen molar-refractivity contribution in [1.29, 1.82) is 0 Å². The Bertz CT molecular complexity index is 2360. The van der Waals surface area contributed by atoms with Gasteiger partial charge < -0.3 is 35.5 Å². The van der Waals surface area contributed by atoms with Crippen LogP contribution in [0.25, 0.3) is 22.1 Å². The topological polar surface area (TPSA) is 205 Å². The molecule has 4 atom stereocenters. The highest BCUT2D eigenvalue weighted by atomic mass is 19.4. The van der Waals surface area contributed by atoms with Crippen molar-refractivity contribution in [3.05, 3.63) is 120 Å². The number of tetrazole rings is 1. The lowest BCUT2D eigenvalue weighted by Crippen LogP contribution is -2.31. The number of aliphatic hydroxyl groups excluding tert-OH is 2. The van der Waals surface area contributed by atoms with Crippen molar-refractivity contribution in [3.8, 4) is 0 Å². The predicted octanol–water partition coefficient (Wildman–Crippen LogP) is 5.04. The number of nitrogens with one attached hydrogen (secondary N) is 3. The van der Waals surface area contributed by atoms with Gasteiger partial charge >= 0.3 is 12.1 Å². The average molecular weight is 770 g/mol. The summed E-state index contributed by atoms with van der Waals surface area (Å²) in [7, 11) is 0. The van der Waals surface area contributed by atoms with Crippen molar-refractivity contribution >= 4 is 39.8 Å². The van der Waals surface area contributed by atoms with Crippen LogP contribution in [-0.2, 0) is 11.2 Å². The van der Waals surface area contributed by atoms with Crippen LogP contribution in [0.3, 0.4) is 0 Å². The minimum absolute atomic E-state index is 0.0546. The van der Waals surface area contributed by atoms with Crippen molar-refractivity contribution in [2.45, 2.75) is 56.2 Å². The van der Waals surface area contributed by atoms with Gasteiger partial charge in [-0.1, -0.05) is 78.9 Å². The van der Waals surface area contributed by atoms with E-state index in [9.17, 15) is 23.4 Å². The van der Waals surface area contributed by atoms with Crippen LogP contribution in [0.2, 0.25) is 0 Å². The van der Waals surface area contributed by atoms with Crippen LogP contribution in [0.4, 0.5) is 24.9 Å². The molecule has 0 unspecified atom stereocenters. The normalized spacial score (nSPS) is 18.3. The number of carbonyl (C=O) groups is 1. The summed E-state index contributed by atoms with van der Waals surface area (Å²) >= 11 is 0. The second-order valence-electron chi connectivity index (χ2n) is 13.3. The Labute approximate surface area is 317 Å². The number of alkyl halides is 3. The third kappa shape index (κ3) is 8.15. The zero-order valence-corrected chi connectivity index (χ0v) is 29.9. The highest BCUT2D eigenvalue weighted by Crippen LogP contribution is 2.39. The number of hydrogen-bond donors (Lipinski definition) is 6. The number of aromatic amines is 1. The van der Waals surface area contributed by atoms with Gasteiger partial charge in [-0.2, -0.15) is 27.9 Å². The van der Waals surface area contributed by atoms with Crippen LogP contribution < -0.4 is 10.6 Å². The number of aromatic nitrogens is 9. The number of carboxylic acid groups (broad SMARTS) is 1. The Kier molecular flexibility index (Phi) is 10.9. The standard InChI is InChI=1S/C36H37N11O2.C2HF3O2/c1-22-43-45-47(44-22)30-18-29(32(48)33(30)49)46-21-40-31-34(39-20-27(23-10-4-2-5-11-23)24-12-6-3-7-13-24)41-36(42-35(31)46)37-17-16-25-19-38-28-15-9-8-14-26(25)28;3-2(4,5)1(6)7/h2-15,19,21,27,29-30,32-33,38,48-49H,16-18,20H2,1H3,(H2,37,39,41,42);(H,6,7)/t29-,30+,32+,33-;/m1./s1. The van der Waals surface area contributed by atoms with E-state index in [0.29, 0.717) is 48.3 Å². The Morgan fingerprint density at radius 1 is 0.929 bits per heavy atom. The fraction of sp³-hybridized carbons (Fsp3) is 0.289. The molecule has 0 spiro atoms. The molecule has 4 heterocycles. The lowest BCUT2D eigenvalue weighted by Gasteiger charge is -2.20. The number of aryl methyl sites for hydroxylation is 1. The van der Waals surface area contributed by atoms with E-state index in [-0.39, 0.29) is 5.92 Å². The molecule has 1 fully saturated rings. The monoisotopic (exact) mass is 769 g/mol. The fourth-order valence-electron chi connectivity index (χ4n) is 6.94. The Hall–Kier alpha value is -6.40. The summed E-state index contributed by atoms with van der Waals surface area (Å²) in [5.41, 5.74) is 5.78. The van der Waals surface area contributed by atoms with Crippen molar-refractivity contribution in [2.24, 2.45) is 0 Å². The number of anilines is 2. The minimum Gasteiger partial charge on any atom is -0.475 e. The molecule has 7 aromatic rings. The maximum Gasteiger partial charge on any atom is 0.490 e. The number of para-hydroxylation sites is 1. The predicted molar refractivity (Wildman–Crippen MR) is 200 cm³/mol. The number of rotatable bonds is 11. The molecule has 0 bridgehead atoms. The fourth-order valence-corrected chi connectivity index (χ4v) is 6.94. The highest BCUT2D eigenvalue weighted by molar-refractivity contribution is 5.85. The summed E-state index contributed by atoms with van der Waals surface area (Å²) in [5, 5.41) is 50.0. The number of fused-ring (bicyclic) bond motifs is 2. The number of nitrogens with zero attached hydrogens (tertiary/aromatic N) is 8. The smallest absolute Gasteiger partial charge is 0.475 e. The van der Waals surface area contributed by atoms with Crippen LogP contribution in [-0.4, -0.2) is 97.5 Å². The Morgan fingerprint density at radius 2 is 1.57 bits per heavy atom. The number of aliphatic carboxylic acids is 1. The largest absolute Gasteiger partial charge is 0.490 e. The van der Waals surface area contributed by atoms with Gasteiger partial charge in [0.05, 0.1) is 12.4 Å². The van der Waals surface area contributed by atoms with Crippen LogP contribution in [0.15, 0.2) is 97.5 Å². The maximum atomic E-state index is 11.3. The molecular formula is C38H38F3N11O4. The Morgan fingerprint density at radius 3 is 2.21 bits per heavy atom. The molecule has 18 heteroatoms. The molecule has 1 aliphatic carbocycles. The van der Waals surface area contributed by atoms with E-state index in [1.165, 1.54) is 26.9 Å². The first-order chi connectivity index (χ1) is 27.0. The van der Waals surface area contributed by atoms with Gasteiger partial charge in [-0.05, 0) is 47.7 Å². The first-order valence-electron chi connectivity index (χ1n) is 17.8. The number of carboxylic acids is 1. The first-order valence-corrected chi connectivity index (χ1v) is 17.8. The van der Waals surface area contributed by atoms with E-state index in [2.05, 4.69) is 91.7 Å². The van der Waals surface area contributed by atoms with Gasteiger partial charge in [-0.3, -0.25) is 0 Å². The molecule has 8 rings (SSSR count). The molecule has 6 N–H and O–H groups in total. The lowest BCUT2D eigenvalue weighted by atomic mass is 9.91. The number of imidazole rings is 1. The van der Waals surface area contributed by atoms with Crippen molar-refractivity contribution in [1.82, 2.24) is 44.7 Å². The summed E-state index contributed by atoms with van der Waals surface area (Å²) in [5.74, 6) is -1.19. The van der Waals surface area contributed by atoms with Crippen LogP contribution >= 0.6 is 0 Å². The molecule has 3 aromatic carbocycles. The molecule has 4 aromatic heterocycles. The first kappa shape index (κ1) is 37.9. The maximum absolute atomic E-state index is 11.3. The highest BCUT2D eigenvalue weighted by Gasteiger charge is 2.45. The molecule has 56 heavy (non-hydrogen) atoms. The minimum atomic E-state index is -5.08. The van der Waals surface area contributed by atoms with Crippen LogP contribution in [0.5, 0.6) is 0 Å². The van der Waals surface area contributed by atoms with Gasteiger partial charge in [-0.25, -0.2) is 9.78 Å². The van der Waals surface area contributed by atoms with Crippen molar-refractivity contribution in [2.75, 3.05) is 23.7 Å². The number of halogens is 3. The molecule has 0 aliphatic heterocycles. The SMILES string of the molecule is Cc1nnn([C@H]2C[C@@H](n3cnc4c(NCC(c5ccccc5)c5ccccc5)nc(NCCc5c[nH]c6ccccc56)nc43)[C@H](O)[C@@H]2O)n1.O=C(O)C(F)(F)F. The molecular weight excluding hydrogens is 731 g/mol. The molecule has 290 valence electrons. The summed E-state index contributed by atoms with van der Waals surface area (Å²) in [6, 6.07) is 28.0. The summed E-state index contributed by atoms with van der Waals surface area (Å²) in [6.45, 7) is 2.90. The zero-order valence-electron chi connectivity index (χ0n) is 29.9. The second kappa shape index (κ2) is 16.1. The molecule has 0 radical (unpaired) electrons. The van der Waals surface area contributed by atoms with Crippen LogP contribution in [0, 0.1) is 6.92 Å². The molecule has 0 saturated heterocycles. The van der Waals surface area contributed by atoms with Crippen LogP contribution in [0.1, 0.15) is 46.9 Å². The van der Waals surface area contributed by atoms with Gasteiger partial charge in [0.25, 0.3) is 0 Å². The summed E-state index contributed by atoms with van der Waals surface area (Å²) in [6.07, 6.45) is -2.45. The van der Waals surface area contributed by atoms with E-state index in [0.717, 1.165) is 11.9 Å². The van der Waals surface area contributed by atoms with E-state index < -0.39 is 36.4 Å². The van der Waals surface area contributed by atoms with E-state index in [4.69, 9.17) is 24.9 Å². The third-order valence-corrected chi connectivity index (χ3v) is 9.70. The second-order valence-corrected chi connectivity index (χ2v) is 13.3. The molecule has 1 saturated carbocycles. The molecule has 15 nitrogen and oxygen atoms in total. The lowest BCUT2D eigenvalue weighted by molar-refractivity contribution is -0.192. The molecule has 0 amide bonds. The van der Waals surface area contributed by atoms with Crippen molar-refractivity contribution in [3.63, 3.8) is 0 Å². The quantitative estimate of drug-likeness (QED) is 0.102. The average Bonchev–Trinajstić information content (AvgIpc) is 3.99. The molecule has 1 aliphatic rings. The van der Waals surface area contributed by atoms with Gasteiger partial charge in [0.2, 0.25) is 5.95 Å². The summed E-state index contributed by atoms with van der Waals surface area (Å²) < 4.78 is 33.6. The number of hydrogen-bond acceptors (Lipinski definition) is 11.